The Hall–Kier alpha value is -2.52. The van der Waals surface area contributed by atoms with Gasteiger partial charge in [-0.3, -0.25) is 9.80 Å². The molecule has 0 bridgehead atoms. The zero-order valence-electron chi connectivity index (χ0n) is 34.4. The van der Waals surface area contributed by atoms with E-state index in [1.54, 1.807) is 12.1 Å². The fourth-order valence-electron chi connectivity index (χ4n) is 8.35. The van der Waals surface area contributed by atoms with Crippen molar-refractivity contribution in [1.82, 2.24) is 9.80 Å². The zero-order chi connectivity index (χ0) is 38.1. The van der Waals surface area contributed by atoms with Crippen LogP contribution in [0.25, 0.3) is 0 Å². The topological polar surface area (TPSA) is 83.9 Å². The highest BCUT2D eigenvalue weighted by Gasteiger charge is 2.40. The fraction of sp³-hybridized carbons (Fsp3) is 0.684. The SMILES string of the molecule is [2H]C([2H])([2H])Oc1cc2c(cc1OC)[C@H]1C[C@@H](O)[C@H](CC(C)C)CN1CC2.[2H]C([2H])([2H])Oc1cc2c(cc1OC)[C@H]1C[C@H](O)[C@H](CC(C)C)CN1CC2. The molecule has 256 valence electrons. The van der Waals surface area contributed by atoms with Gasteiger partial charge in [-0.05, 0) is 109 Å². The number of nitrogens with zero attached hydrogens (tertiary/aromatic N) is 2. The first kappa shape index (κ1) is 27.4. The Bertz CT molecular complexity index is 1410. The van der Waals surface area contributed by atoms with E-state index in [-0.39, 0.29) is 35.8 Å². The summed E-state index contributed by atoms with van der Waals surface area (Å²) in [6, 6.07) is 7.67. The predicted octanol–water partition coefficient (Wildman–Crippen LogP) is 6.06. The molecule has 8 heteroatoms. The highest BCUT2D eigenvalue weighted by atomic mass is 16.5. The molecule has 4 aliphatic rings. The maximum atomic E-state index is 10.7. The molecule has 0 amide bonds. The van der Waals surface area contributed by atoms with Crippen LogP contribution < -0.4 is 18.9 Å². The van der Waals surface area contributed by atoms with Crippen LogP contribution in [0.4, 0.5) is 0 Å². The largest absolute Gasteiger partial charge is 0.493 e. The number of aliphatic hydroxyl groups excluding tert-OH is 2. The minimum atomic E-state index is -2.51. The van der Waals surface area contributed by atoms with Gasteiger partial charge in [-0.1, -0.05) is 27.7 Å². The van der Waals surface area contributed by atoms with Gasteiger partial charge in [0.1, 0.15) is 0 Å². The first-order valence-electron chi connectivity index (χ1n) is 20.0. The lowest BCUT2D eigenvalue weighted by atomic mass is 9.79. The average molecular weight is 645 g/mol. The third-order valence-electron chi connectivity index (χ3n) is 10.5. The first-order chi connectivity index (χ1) is 24.3. The number of piperidine rings is 2. The van der Waals surface area contributed by atoms with Crippen LogP contribution in [0.5, 0.6) is 23.0 Å². The zero-order valence-corrected chi connectivity index (χ0v) is 28.4. The number of hydrogen-bond acceptors (Lipinski definition) is 8. The minimum absolute atomic E-state index is 0.146. The van der Waals surface area contributed by atoms with Crippen molar-refractivity contribution in [3.63, 3.8) is 0 Å². The summed E-state index contributed by atoms with van der Waals surface area (Å²) in [5, 5.41) is 21.3. The Morgan fingerprint density at radius 1 is 0.674 bits per heavy atom. The van der Waals surface area contributed by atoms with Crippen molar-refractivity contribution in [2.75, 3.05) is 54.5 Å². The molecule has 46 heavy (non-hydrogen) atoms. The summed E-state index contributed by atoms with van der Waals surface area (Å²) in [6.07, 6.45) is 4.54. The number of hydrogen-bond donors (Lipinski definition) is 2. The number of benzene rings is 2. The Morgan fingerprint density at radius 3 is 1.41 bits per heavy atom. The van der Waals surface area contributed by atoms with E-state index >= 15 is 0 Å². The van der Waals surface area contributed by atoms with Crippen molar-refractivity contribution in [3.8, 4) is 23.0 Å². The standard InChI is InChI=1S/2C19H29NO3/c2*1-12(2)7-14-11-20-6-5-13-8-18(22-3)19(23-4)9-15(13)16(20)10-17(14)21/h2*8-9,12,14,16-17,21H,5-7,10-11H2,1-4H3/t14-,16-,17+;14-,16-,17-/m11/s1/i2*3D3. The molecule has 6 atom stereocenters. The lowest BCUT2D eigenvalue weighted by molar-refractivity contribution is -0.0192. The van der Waals surface area contributed by atoms with Crippen LogP contribution in [0.15, 0.2) is 24.3 Å². The van der Waals surface area contributed by atoms with Crippen LogP contribution in [-0.2, 0) is 12.8 Å². The lowest BCUT2D eigenvalue weighted by Gasteiger charge is -2.46. The number of rotatable bonds is 8. The van der Waals surface area contributed by atoms with E-state index in [4.69, 9.17) is 27.2 Å². The number of ether oxygens (including phenoxy) is 4. The highest BCUT2D eigenvalue weighted by molar-refractivity contribution is 5.50. The molecule has 8 nitrogen and oxygen atoms in total. The van der Waals surface area contributed by atoms with E-state index in [1.165, 1.54) is 14.2 Å². The van der Waals surface area contributed by atoms with E-state index in [9.17, 15) is 10.2 Å². The molecule has 2 aromatic rings. The molecule has 0 unspecified atom stereocenters. The van der Waals surface area contributed by atoms with Gasteiger partial charge in [-0.2, -0.15) is 0 Å². The molecular formula is C38H58N2O6. The van der Waals surface area contributed by atoms with Crippen molar-refractivity contribution < 1.29 is 37.4 Å². The molecule has 2 aromatic carbocycles. The third-order valence-corrected chi connectivity index (χ3v) is 10.5. The van der Waals surface area contributed by atoms with Gasteiger partial charge in [-0.25, -0.2) is 0 Å². The van der Waals surface area contributed by atoms with Crippen molar-refractivity contribution in [1.29, 1.82) is 0 Å². The van der Waals surface area contributed by atoms with Crippen LogP contribution in [0.1, 0.15) is 95.9 Å². The van der Waals surface area contributed by atoms with E-state index in [1.807, 2.05) is 12.1 Å². The molecule has 4 aliphatic heterocycles. The monoisotopic (exact) mass is 644 g/mol. The average Bonchev–Trinajstić information content (AvgIpc) is 3.03. The number of fused-ring (bicyclic) bond motifs is 6. The molecule has 0 spiro atoms. The molecule has 2 fully saturated rings. The second-order valence-electron chi connectivity index (χ2n) is 14.5. The van der Waals surface area contributed by atoms with Gasteiger partial charge in [0.25, 0.3) is 0 Å². The molecule has 0 saturated carbocycles. The summed E-state index contributed by atoms with van der Waals surface area (Å²) in [6.45, 7) is 12.4. The summed E-state index contributed by atoms with van der Waals surface area (Å²) < 4.78 is 65.1. The van der Waals surface area contributed by atoms with Crippen LogP contribution in [0.2, 0.25) is 0 Å². The molecule has 2 saturated heterocycles. The predicted molar refractivity (Wildman–Crippen MR) is 182 cm³/mol. The van der Waals surface area contributed by atoms with Crippen molar-refractivity contribution in [2.45, 2.75) is 90.5 Å². The number of aliphatic hydroxyl groups is 2. The molecule has 0 radical (unpaired) electrons. The quantitative estimate of drug-likeness (QED) is 0.359. The maximum absolute atomic E-state index is 10.7. The smallest absolute Gasteiger partial charge is 0.161 e. The van der Waals surface area contributed by atoms with E-state index in [0.717, 1.165) is 74.1 Å². The summed E-state index contributed by atoms with van der Waals surface area (Å²) in [5.41, 5.74) is 4.41. The molecule has 2 N–H and O–H groups in total. The van der Waals surface area contributed by atoms with Crippen LogP contribution in [0.3, 0.4) is 0 Å². The maximum Gasteiger partial charge on any atom is 0.161 e. The van der Waals surface area contributed by atoms with Gasteiger partial charge in [0, 0.05) is 38.3 Å². The van der Waals surface area contributed by atoms with Crippen LogP contribution in [0, 0.1) is 23.7 Å². The molecular weight excluding hydrogens is 580 g/mol. The Morgan fingerprint density at radius 2 is 1.07 bits per heavy atom. The summed E-state index contributed by atoms with van der Waals surface area (Å²) in [4.78, 5) is 4.90. The molecule has 6 rings (SSSR count). The van der Waals surface area contributed by atoms with Crippen molar-refractivity contribution in [3.05, 3.63) is 46.5 Å². The number of methoxy groups -OCH3 is 4. The molecule has 0 aromatic heterocycles. The minimum Gasteiger partial charge on any atom is -0.493 e. The second-order valence-corrected chi connectivity index (χ2v) is 14.5. The van der Waals surface area contributed by atoms with Gasteiger partial charge < -0.3 is 29.2 Å². The Labute approximate surface area is 285 Å². The first-order valence-corrected chi connectivity index (χ1v) is 17.0. The van der Waals surface area contributed by atoms with Gasteiger partial charge in [0.05, 0.1) is 48.7 Å². The lowest BCUT2D eigenvalue weighted by Crippen LogP contribution is -2.48. The molecule has 0 aliphatic carbocycles. The second kappa shape index (κ2) is 15.1. The summed E-state index contributed by atoms with van der Waals surface area (Å²) in [7, 11) is -1.98. The fourth-order valence-corrected chi connectivity index (χ4v) is 8.35. The van der Waals surface area contributed by atoms with Crippen LogP contribution in [-0.4, -0.2) is 86.7 Å². The van der Waals surface area contributed by atoms with Gasteiger partial charge in [0.2, 0.25) is 0 Å². The van der Waals surface area contributed by atoms with Gasteiger partial charge >= 0.3 is 0 Å². The normalized spacial score (nSPS) is 30.0. The molecule has 4 heterocycles. The van der Waals surface area contributed by atoms with Crippen molar-refractivity contribution >= 4 is 0 Å². The van der Waals surface area contributed by atoms with Crippen molar-refractivity contribution in [2.24, 2.45) is 23.7 Å². The third kappa shape index (κ3) is 7.46. The Balaban J connectivity index is 0.000000201. The van der Waals surface area contributed by atoms with E-state index in [0.29, 0.717) is 48.0 Å². The van der Waals surface area contributed by atoms with Gasteiger partial charge in [-0.15, -0.1) is 0 Å². The van der Waals surface area contributed by atoms with Gasteiger partial charge in [0.15, 0.2) is 23.0 Å². The van der Waals surface area contributed by atoms with E-state index < -0.39 is 14.1 Å². The van der Waals surface area contributed by atoms with Crippen LogP contribution >= 0.6 is 0 Å². The van der Waals surface area contributed by atoms with E-state index in [2.05, 4.69) is 37.5 Å². The summed E-state index contributed by atoms with van der Waals surface area (Å²) >= 11 is 0. The Kier molecular flexibility index (Phi) is 9.03. The highest BCUT2D eigenvalue weighted by Crippen LogP contribution is 2.45. The summed E-state index contributed by atoms with van der Waals surface area (Å²) in [5.74, 6) is 3.15.